The minimum atomic E-state index is -1.57. The number of aliphatic hydroxyl groups is 5. The Morgan fingerprint density at radius 3 is 2.00 bits per heavy atom. The van der Waals surface area contributed by atoms with Crippen molar-refractivity contribution in [1.82, 2.24) is 0 Å². The molecule has 0 aromatic rings. The Balaban J connectivity index is 2.63. The molecule has 72 valence electrons. The topological polar surface area (TPSA) is 110 Å². The second kappa shape index (κ2) is 3.65. The van der Waals surface area contributed by atoms with Crippen LogP contribution in [0.2, 0.25) is 0 Å². The fourth-order valence-corrected chi connectivity index (χ4v) is 1.08. The van der Waals surface area contributed by atoms with Crippen molar-refractivity contribution < 1.29 is 30.3 Å². The zero-order chi connectivity index (χ0) is 9.30. The smallest absolute Gasteiger partial charge is 0.184 e. The summed E-state index contributed by atoms with van der Waals surface area (Å²) >= 11 is 0. The zero-order valence-corrected chi connectivity index (χ0v) is 6.24. The van der Waals surface area contributed by atoms with E-state index in [9.17, 15) is 0 Å². The maximum absolute atomic E-state index is 9.12. The highest BCUT2D eigenvalue weighted by molar-refractivity contribution is 4.87. The Morgan fingerprint density at radius 2 is 1.50 bits per heavy atom. The molecule has 0 saturated carbocycles. The van der Waals surface area contributed by atoms with Crippen LogP contribution in [0.3, 0.4) is 0 Å². The molecule has 1 aliphatic rings. The van der Waals surface area contributed by atoms with E-state index in [1.54, 1.807) is 0 Å². The van der Waals surface area contributed by atoms with E-state index in [4.69, 9.17) is 25.5 Å². The molecule has 1 saturated heterocycles. The summed E-state index contributed by atoms with van der Waals surface area (Å²) in [7, 11) is 0. The van der Waals surface area contributed by atoms with Crippen molar-refractivity contribution in [2.75, 3.05) is 6.61 Å². The minimum Gasteiger partial charge on any atom is -0.394 e. The summed E-state index contributed by atoms with van der Waals surface area (Å²) in [5.41, 5.74) is 0. The van der Waals surface area contributed by atoms with Crippen molar-refractivity contribution in [3.63, 3.8) is 0 Å². The Hall–Kier alpha value is -0.240. The van der Waals surface area contributed by atoms with Crippen molar-refractivity contribution in [2.24, 2.45) is 0 Å². The molecule has 1 fully saturated rings. The van der Waals surface area contributed by atoms with Crippen LogP contribution in [-0.4, -0.2) is 62.8 Å². The van der Waals surface area contributed by atoms with Crippen molar-refractivity contribution in [3.8, 4) is 0 Å². The van der Waals surface area contributed by atoms with E-state index in [0.29, 0.717) is 0 Å². The summed E-state index contributed by atoms with van der Waals surface area (Å²) in [6.07, 6.45) is -7.04. The first kappa shape index (κ1) is 9.85. The summed E-state index contributed by atoms with van der Waals surface area (Å²) in [5.74, 6) is 0. The lowest BCUT2D eigenvalue weighted by molar-refractivity contribution is -0.286. The van der Waals surface area contributed by atoms with E-state index in [0.717, 1.165) is 0 Å². The average molecular weight is 180 g/mol. The van der Waals surface area contributed by atoms with Gasteiger partial charge in [-0.15, -0.1) is 0 Å². The van der Waals surface area contributed by atoms with Gasteiger partial charge in [0.25, 0.3) is 0 Å². The monoisotopic (exact) mass is 180 g/mol. The van der Waals surface area contributed by atoms with Crippen LogP contribution in [0.25, 0.3) is 0 Å². The van der Waals surface area contributed by atoms with Crippen LogP contribution in [0.15, 0.2) is 0 Å². The molecule has 0 aromatic heterocycles. The van der Waals surface area contributed by atoms with E-state index < -0.39 is 37.3 Å². The van der Waals surface area contributed by atoms with Gasteiger partial charge in [-0.3, -0.25) is 0 Å². The Kier molecular flexibility index (Phi) is 2.99. The highest BCUT2D eigenvalue weighted by Gasteiger charge is 2.42. The van der Waals surface area contributed by atoms with E-state index >= 15 is 0 Å². The molecular weight excluding hydrogens is 168 g/mol. The van der Waals surface area contributed by atoms with Crippen molar-refractivity contribution in [3.05, 3.63) is 0 Å². The van der Waals surface area contributed by atoms with Crippen LogP contribution in [-0.2, 0) is 4.74 Å². The standard InChI is InChI=1S/C6H12O6/c7-1-2-3(8)4(9)5(10)6(11)12-2/h2-11H,1H2/t2-,3-,4-,5+,6-/m0/s1. The molecule has 0 bridgehead atoms. The van der Waals surface area contributed by atoms with Crippen molar-refractivity contribution >= 4 is 0 Å². The fraction of sp³-hybridized carbons (Fsp3) is 1.00. The van der Waals surface area contributed by atoms with Crippen LogP contribution in [0, 0.1) is 0 Å². The number of hydrogen-bond donors (Lipinski definition) is 5. The van der Waals surface area contributed by atoms with Gasteiger partial charge in [0.2, 0.25) is 0 Å². The van der Waals surface area contributed by atoms with Gasteiger partial charge >= 0.3 is 0 Å². The first-order chi connectivity index (χ1) is 5.57. The third kappa shape index (κ3) is 1.58. The van der Waals surface area contributed by atoms with E-state index in [-0.39, 0.29) is 0 Å². The van der Waals surface area contributed by atoms with E-state index in [1.165, 1.54) is 0 Å². The molecule has 6 nitrogen and oxygen atoms in total. The Labute approximate surface area is 68.6 Å². The summed E-state index contributed by atoms with van der Waals surface area (Å²) in [4.78, 5) is 0. The van der Waals surface area contributed by atoms with Gasteiger partial charge in [-0.2, -0.15) is 0 Å². The Bertz CT molecular complexity index is 146. The molecule has 0 spiro atoms. The quantitative estimate of drug-likeness (QED) is 0.290. The van der Waals surface area contributed by atoms with Gasteiger partial charge in [-0.25, -0.2) is 0 Å². The molecule has 12 heavy (non-hydrogen) atoms. The maximum Gasteiger partial charge on any atom is 0.184 e. The van der Waals surface area contributed by atoms with Gasteiger partial charge in [0.05, 0.1) is 6.61 Å². The molecule has 0 radical (unpaired) electrons. The molecule has 0 aromatic carbocycles. The van der Waals surface area contributed by atoms with Crippen LogP contribution in [0.1, 0.15) is 0 Å². The van der Waals surface area contributed by atoms with Gasteiger partial charge in [0.1, 0.15) is 24.4 Å². The van der Waals surface area contributed by atoms with Crippen LogP contribution >= 0.6 is 0 Å². The van der Waals surface area contributed by atoms with Gasteiger partial charge in [0.15, 0.2) is 6.29 Å². The predicted octanol–water partition coefficient (Wildman–Crippen LogP) is -3.22. The van der Waals surface area contributed by atoms with Crippen LogP contribution in [0.4, 0.5) is 0 Å². The summed E-state index contributed by atoms with van der Waals surface area (Å²) in [6.45, 7) is -0.526. The van der Waals surface area contributed by atoms with Crippen molar-refractivity contribution in [1.29, 1.82) is 0 Å². The molecule has 6 heteroatoms. The second-order valence-corrected chi connectivity index (χ2v) is 2.72. The molecule has 0 amide bonds. The maximum atomic E-state index is 9.12. The number of rotatable bonds is 1. The van der Waals surface area contributed by atoms with E-state index in [2.05, 4.69) is 4.74 Å². The lowest BCUT2D eigenvalue weighted by atomic mass is 10.00. The lowest BCUT2D eigenvalue weighted by Crippen LogP contribution is -2.58. The van der Waals surface area contributed by atoms with Gasteiger partial charge in [-0.05, 0) is 0 Å². The molecule has 1 heterocycles. The number of ether oxygens (including phenoxy) is 1. The van der Waals surface area contributed by atoms with E-state index in [1.807, 2.05) is 0 Å². The molecule has 5 N–H and O–H groups in total. The third-order valence-corrected chi connectivity index (χ3v) is 1.87. The largest absolute Gasteiger partial charge is 0.394 e. The molecule has 0 unspecified atom stereocenters. The normalized spacial score (nSPS) is 49.2. The molecule has 5 atom stereocenters. The second-order valence-electron chi connectivity index (χ2n) is 2.72. The predicted molar refractivity (Wildman–Crippen MR) is 36.0 cm³/mol. The fourth-order valence-electron chi connectivity index (χ4n) is 1.08. The number of aliphatic hydroxyl groups excluding tert-OH is 5. The summed E-state index contributed by atoms with van der Waals surface area (Å²) in [5, 5.41) is 44.7. The highest BCUT2D eigenvalue weighted by Crippen LogP contribution is 2.18. The summed E-state index contributed by atoms with van der Waals surface area (Å²) < 4.78 is 4.58. The minimum absolute atomic E-state index is 0.526. The molecule has 1 rings (SSSR count). The average Bonchev–Trinajstić information content (AvgIpc) is 2.08. The first-order valence-corrected chi connectivity index (χ1v) is 3.56. The number of hydrogen-bond acceptors (Lipinski definition) is 6. The molecule has 0 aliphatic carbocycles. The summed E-state index contributed by atoms with van der Waals surface area (Å²) in [6, 6.07) is 0. The third-order valence-electron chi connectivity index (χ3n) is 1.87. The van der Waals surface area contributed by atoms with Gasteiger partial charge in [0, 0.05) is 0 Å². The van der Waals surface area contributed by atoms with Crippen LogP contribution in [0.5, 0.6) is 0 Å². The highest BCUT2D eigenvalue weighted by atomic mass is 16.6. The lowest BCUT2D eigenvalue weighted by Gasteiger charge is -2.37. The molecule has 1 aliphatic heterocycles. The van der Waals surface area contributed by atoms with Crippen molar-refractivity contribution in [2.45, 2.75) is 30.7 Å². The van der Waals surface area contributed by atoms with Gasteiger partial charge < -0.3 is 30.3 Å². The first-order valence-electron chi connectivity index (χ1n) is 3.56. The van der Waals surface area contributed by atoms with Gasteiger partial charge in [-0.1, -0.05) is 0 Å². The zero-order valence-electron chi connectivity index (χ0n) is 6.24. The SMILES string of the molecule is OC[C@@H]1O[C@H](O)[C@H](O)[C@@H](O)[C@H]1O. The molecular formula is C6H12O6. The van der Waals surface area contributed by atoms with Crippen LogP contribution < -0.4 is 0 Å². The Morgan fingerprint density at radius 1 is 0.917 bits per heavy atom.